The van der Waals surface area contributed by atoms with Crippen LogP contribution < -0.4 is 10.0 Å². The zero-order chi connectivity index (χ0) is 23.9. The van der Waals surface area contributed by atoms with Crippen LogP contribution in [0.2, 0.25) is 0 Å². The van der Waals surface area contributed by atoms with Crippen molar-refractivity contribution in [1.82, 2.24) is 9.97 Å². The molecule has 1 amide bonds. The van der Waals surface area contributed by atoms with Crippen LogP contribution in [0.5, 0.6) is 0 Å². The third kappa shape index (κ3) is 4.58. The normalized spacial score (nSPS) is 11.5. The van der Waals surface area contributed by atoms with Crippen molar-refractivity contribution in [2.75, 3.05) is 10.0 Å². The second-order valence-electron chi connectivity index (χ2n) is 8.01. The van der Waals surface area contributed by atoms with Crippen molar-refractivity contribution in [1.29, 1.82) is 0 Å². The van der Waals surface area contributed by atoms with Crippen LogP contribution in [0.1, 0.15) is 38.8 Å². The lowest BCUT2D eigenvalue weighted by molar-refractivity contribution is 0.0998. The number of furan rings is 1. The van der Waals surface area contributed by atoms with Crippen LogP contribution in [0.25, 0.3) is 11.0 Å². The summed E-state index contributed by atoms with van der Waals surface area (Å²) < 4.78 is 33.7. The van der Waals surface area contributed by atoms with Gasteiger partial charge < -0.3 is 9.73 Å². The molecule has 0 atom stereocenters. The van der Waals surface area contributed by atoms with E-state index in [4.69, 9.17) is 4.42 Å². The third-order valence-corrected chi connectivity index (χ3v) is 6.76. The van der Waals surface area contributed by atoms with Gasteiger partial charge in [0.1, 0.15) is 17.2 Å². The van der Waals surface area contributed by atoms with E-state index in [1.807, 2.05) is 32.9 Å². The molecule has 2 heterocycles. The number of carbonyl (C=O) groups excluding carboxylic acids is 1. The summed E-state index contributed by atoms with van der Waals surface area (Å²) in [7, 11) is -3.85. The molecule has 170 valence electrons. The molecule has 2 aromatic carbocycles. The van der Waals surface area contributed by atoms with Gasteiger partial charge in [0.25, 0.3) is 15.9 Å². The highest BCUT2D eigenvalue weighted by Crippen LogP contribution is 2.28. The summed E-state index contributed by atoms with van der Waals surface area (Å²) in [4.78, 5) is 21.1. The molecule has 33 heavy (non-hydrogen) atoms. The van der Waals surface area contributed by atoms with Gasteiger partial charge in [0.15, 0.2) is 5.76 Å². The quantitative estimate of drug-likeness (QED) is 0.438. The maximum atomic E-state index is 12.8. The van der Waals surface area contributed by atoms with Gasteiger partial charge in [-0.15, -0.1) is 0 Å². The van der Waals surface area contributed by atoms with Crippen LogP contribution in [0.15, 0.2) is 51.8 Å². The second-order valence-corrected chi connectivity index (χ2v) is 9.70. The number of hydrogen-bond acceptors (Lipinski definition) is 6. The van der Waals surface area contributed by atoms with Crippen molar-refractivity contribution < 1.29 is 17.6 Å². The highest BCUT2D eigenvalue weighted by atomic mass is 32.2. The minimum absolute atomic E-state index is 0.0419. The SMILES string of the molecule is Cc1cc(NS(=O)(=O)c2ccc(NC(=O)c3oc4cc(C)c(C)cc4c3C)cc2)nc(C)n1. The Hall–Kier alpha value is -3.72. The maximum Gasteiger partial charge on any atom is 0.291 e. The van der Waals surface area contributed by atoms with Gasteiger partial charge in [0.05, 0.1) is 4.90 Å². The summed E-state index contributed by atoms with van der Waals surface area (Å²) >= 11 is 0. The average molecular weight is 465 g/mol. The van der Waals surface area contributed by atoms with Gasteiger partial charge in [0.2, 0.25) is 0 Å². The Labute approximate surface area is 192 Å². The van der Waals surface area contributed by atoms with Crippen LogP contribution in [-0.4, -0.2) is 24.3 Å². The number of benzene rings is 2. The van der Waals surface area contributed by atoms with E-state index in [9.17, 15) is 13.2 Å². The van der Waals surface area contributed by atoms with Gasteiger partial charge in [-0.2, -0.15) is 0 Å². The Bertz CT molecular complexity index is 1470. The molecule has 0 saturated carbocycles. The van der Waals surface area contributed by atoms with Crippen molar-refractivity contribution in [3.63, 3.8) is 0 Å². The first kappa shape index (κ1) is 22.5. The van der Waals surface area contributed by atoms with Gasteiger partial charge in [-0.3, -0.25) is 9.52 Å². The first-order chi connectivity index (χ1) is 15.5. The molecular weight excluding hydrogens is 440 g/mol. The molecule has 0 unspecified atom stereocenters. The second kappa shape index (κ2) is 8.32. The fraction of sp³-hybridized carbons (Fsp3) is 0.208. The summed E-state index contributed by atoms with van der Waals surface area (Å²) in [5.41, 5.74) is 4.72. The number of nitrogens with zero attached hydrogens (tertiary/aromatic N) is 2. The van der Waals surface area contributed by atoms with Crippen LogP contribution >= 0.6 is 0 Å². The van der Waals surface area contributed by atoms with Crippen molar-refractivity contribution in [3.05, 3.63) is 76.4 Å². The number of sulfonamides is 1. The number of rotatable bonds is 5. The molecule has 0 saturated heterocycles. The topological polar surface area (TPSA) is 114 Å². The number of fused-ring (bicyclic) bond motifs is 1. The summed E-state index contributed by atoms with van der Waals surface area (Å²) in [5.74, 6) is 0.489. The number of aromatic nitrogens is 2. The van der Waals surface area contributed by atoms with Crippen LogP contribution in [0.4, 0.5) is 11.5 Å². The van der Waals surface area contributed by atoms with Gasteiger partial charge >= 0.3 is 0 Å². The van der Waals surface area contributed by atoms with Gasteiger partial charge in [-0.05, 0) is 82.1 Å². The van der Waals surface area contributed by atoms with Gasteiger partial charge in [-0.25, -0.2) is 18.4 Å². The number of carbonyl (C=O) groups is 1. The molecule has 2 aromatic heterocycles. The van der Waals surface area contributed by atoms with Crippen molar-refractivity contribution >= 4 is 38.4 Å². The smallest absolute Gasteiger partial charge is 0.291 e. The standard InChI is InChI=1S/C24H24N4O4S/c1-13-10-20-16(4)23(32-21(20)11-14(13)2)24(29)27-18-6-8-19(9-7-18)33(30,31)28-22-12-15(3)25-17(5)26-22/h6-12H,1-5H3,(H,27,29)(H,25,26,28). The lowest BCUT2D eigenvalue weighted by Crippen LogP contribution is -2.15. The molecule has 4 rings (SSSR count). The first-order valence-corrected chi connectivity index (χ1v) is 11.8. The highest BCUT2D eigenvalue weighted by molar-refractivity contribution is 7.92. The Morgan fingerprint density at radius 2 is 1.58 bits per heavy atom. The zero-order valence-electron chi connectivity index (χ0n) is 19.0. The van der Waals surface area contributed by atoms with E-state index in [1.165, 1.54) is 24.3 Å². The van der Waals surface area contributed by atoms with E-state index >= 15 is 0 Å². The van der Waals surface area contributed by atoms with Crippen molar-refractivity contribution in [2.45, 2.75) is 39.5 Å². The molecule has 0 radical (unpaired) electrons. The monoisotopic (exact) mass is 464 g/mol. The molecule has 0 spiro atoms. The number of hydrogen-bond donors (Lipinski definition) is 2. The third-order valence-electron chi connectivity index (χ3n) is 5.39. The minimum atomic E-state index is -3.85. The maximum absolute atomic E-state index is 12.8. The lowest BCUT2D eigenvalue weighted by Gasteiger charge is -2.09. The van der Waals surface area contributed by atoms with Gasteiger partial charge in [-0.1, -0.05) is 0 Å². The Morgan fingerprint density at radius 1 is 0.909 bits per heavy atom. The summed E-state index contributed by atoms with van der Waals surface area (Å²) in [6.45, 7) is 9.29. The number of aryl methyl sites for hydroxylation is 5. The van der Waals surface area contributed by atoms with Crippen molar-refractivity contribution in [3.8, 4) is 0 Å². The predicted molar refractivity (Wildman–Crippen MR) is 127 cm³/mol. The van der Waals surface area contributed by atoms with E-state index in [1.54, 1.807) is 19.9 Å². The Balaban J connectivity index is 1.53. The van der Waals surface area contributed by atoms with Crippen LogP contribution in [-0.2, 0) is 10.0 Å². The zero-order valence-corrected chi connectivity index (χ0v) is 19.8. The molecule has 9 heteroatoms. The van der Waals surface area contributed by atoms with E-state index in [2.05, 4.69) is 20.0 Å². The summed E-state index contributed by atoms with van der Waals surface area (Å²) in [6, 6.07) is 11.4. The van der Waals surface area contributed by atoms with Crippen LogP contribution in [0, 0.1) is 34.6 Å². The molecule has 4 aromatic rings. The molecule has 0 fully saturated rings. The predicted octanol–water partition coefficient (Wildman–Crippen LogP) is 4.82. The summed E-state index contributed by atoms with van der Waals surface area (Å²) in [6.07, 6.45) is 0. The molecule has 0 bridgehead atoms. The average Bonchev–Trinajstić information content (AvgIpc) is 3.03. The molecule has 2 N–H and O–H groups in total. The fourth-order valence-electron chi connectivity index (χ4n) is 3.56. The Kier molecular flexibility index (Phi) is 5.67. The van der Waals surface area contributed by atoms with E-state index in [0.29, 0.717) is 22.8 Å². The Morgan fingerprint density at radius 3 is 2.24 bits per heavy atom. The summed E-state index contributed by atoms with van der Waals surface area (Å²) in [5, 5.41) is 3.66. The number of nitrogens with one attached hydrogen (secondary N) is 2. The first-order valence-electron chi connectivity index (χ1n) is 10.3. The molecule has 0 aliphatic heterocycles. The molecule has 8 nitrogen and oxygen atoms in total. The van der Waals surface area contributed by atoms with E-state index < -0.39 is 15.9 Å². The highest BCUT2D eigenvalue weighted by Gasteiger charge is 2.20. The van der Waals surface area contributed by atoms with E-state index in [-0.39, 0.29) is 16.5 Å². The largest absolute Gasteiger partial charge is 0.451 e. The van der Waals surface area contributed by atoms with Crippen LogP contribution in [0.3, 0.4) is 0 Å². The van der Waals surface area contributed by atoms with E-state index in [0.717, 1.165) is 22.1 Å². The lowest BCUT2D eigenvalue weighted by atomic mass is 10.1. The minimum Gasteiger partial charge on any atom is -0.451 e. The molecule has 0 aliphatic carbocycles. The molecular formula is C24H24N4O4S. The fourth-order valence-corrected chi connectivity index (χ4v) is 4.56. The number of amides is 1. The molecule has 0 aliphatic rings. The van der Waals surface area contributed by atoms with Gasteiger partial charge in [0, 0.05) is 28.4 Å². The van der Waals surface area contributed by atoms with Crippen molar-refractivity contribution in [2.24, 2.45) is 0 Å². The number of anilines is 2.